The van der Waals surface area contributed by atoms with E-state index in [9.17, 15) is 4.79 Å². The summed E-state index contributed by atoms with van der Waals surface area (Å²) in [6, 6.07) is 12.4. The minimum atomic E-state index is 0.00892. The highest BCUT2D eigenvalue weighted by molar-refractivity contribution is 7.98. The Labute approximate surface area is 140 Å². The Morgan fingerprint density at radius 2 is 1.91 bits per heavy atom. The molecule has 2 atom stereocenters. The highest BCUT2D eigenvalue weighted by atomic mass is 32.2. The van der Waals surface area contributed by atoms with Gasteiger partial charge in [0.1, 0.15) is 4.88 Å². The molecular formula is C17H22N2OS2. The molecule has 1 aromatic carbocycles. The van der Waals surface area contributed by atoms with Crippen molar-refractivity contribution in [3.63, 3.8) is 0 Å². The van der Waals surface area contributed by atoms with Gasteiger partial charge in [-0.2, -0.15) is 0 Å². The van der Waals surface area contributed by atoms with Crippen molar-refractivity contribution in [1.29, 1.82) is 0 Å². The van der Waals surface area contributed by atoms with Gasteiger partial charge in [-0.05, 0) is 44.3 Å². The van der Waals surface area contributed by atoms with E-state index in [2.05, 4.69) is 29.3 Å². The van der Waals surface area contributed by atoms with E-state index >= 15 is 0 Å². The molecule has 1 heterocycles. The van der Waals surface area contributed by atoms with E-state index in [-0.39, 0.29) is 18.0 Å². The summed E-state index contributed by atoms with van der Waals surface area (Å²) in [7, 11) is 4.08. The molecule has 0 unspecified atom stereocenters. The topological polar surface area (TPSA) is 32.3 Å². The van der Waals surface area contributed by atoms with Crippen LogP contribution in [-0.2, 0) is 0 Å². The summed E-state index contributed by atoms with van der Waals surface area (Å²) in [6.45, 7) is 2.06. The maximum Gasteiger partial charge on any atom is 0.262 e. The molecule has 2 aromatic rings. The van der Waals surface area contributed by atoms with E-state index in [4.69, 9.17) is 0 Å². The molecule has 1 aromatic heterocycles. The SMILES string of the molecule is CSc1ccsc1C(=O)N[C@@H](C)[C@@H](c1ccccc1)N(C)C. The van der Waals surface area contributed by atoms with Crippen LogP contribution in [0.5, 0.6) is 0 Å². The van der Waals surface area contributed by atoms with Crippen LogP contribution >= 0.6 is 23.1 Å². The van der Waals surface area contributed by atoms with E-state index in [1.165, 1.54) is 16.9 Å². The number of likely N-dealkylation sites (N-methyl/N-ethyl adjacent to an activating group) is 1. The van der Waals surface area contributed by atoms with Crippen LogP contribution in [0.25, 0.3) is 0 Å². The molecular weight excluding hydrogens is 312 g/mol. The van der Waals surface area contributed by atoms with Crippen molar-refractivity contribution in [3.05, 3.63) is 52.2 Å². The van der Waals surface area contributed by atoms with Crippen molar-refractivity contribution < 1.29 is 4.79 Å². The first-order valence-electron chi connectivity index (χ1n) is 7.18. The number of thiophene rings is 1. The van der Waals surface area contributed by atoms with Gasteiger partial charge in [0.05, 0.1) is 6.04 Å². The fourth-order valence-electron chi connectivity index (χ4n) is 2.66. The summed E-state index contributed by atoms with van der Waals surface area (Å²) in [5, 5.41) is 5.12. The lowest BCUT2D eigenvalue weighted by Gasteiger charge is -2.31. The molecule has 5 heteroatoms. The number of nitrogens with one attached hydrogen (secondary N) is 1. The summed E-state index contributed by atoms with van der Waals surface area (Å²) in [5.74, 6) is 0.00892. The third-order valence-corrected chi connectivity index (χ3v) is 5.41. The molecule has 118 valence electrons. The molecule has 0 aliphatic rings. The Balaban J connectivity index is 2.15. The Morgan fingerprint density at radius 3 is 2.50 bits per heavy atom. The van der Waals surface area contributed by atoms with E-state index in [1.54, 1.807) is 11.8 Å². The fourth-order valence-corrected chi connectivity index (χ4v) is 4.31. The molecule has 0 aliphatic heterocycles. The molecule has 0 spiro atoms. The second kappa shape index (κ2) is 7.81. The van der Waals surface area contributed by atoms with Crippen molar-refractivity contribution >= 4 is 29.0 Å². The van der Waals surface area contributed by atoms with E-state index in [1.807, 2.05) is 50.0 Å². The van der Waals surface area contributed by atoms with Crippen LogP contribution in [0.2, 0.25) is 0 Å². The van der Waals surface area contributed by atoms with E-state index in [0.717, 1.165) is 9.77 Å². The number of thioether (sulfide) groups is 1. The number of amides is 1. The van der Waals surface area contributed by atoms with Crippen LogP contribution in [0.3, 0.4) is 0 Å². The number of carbonyl (C=O) groups is 1. The summed E-state index contributed by atoms with van der Waals surface area (Å²) >= 11 is 3.10. The molecule has 0 bridgehead atoms. The van der Waals surface area contributed by atoms with Crippen molar-refractivity contribution in [2.24, 2.45) is 0 Å². The van der Waals surface area contributed by atoms with Crippen LogP contribution in [0.4, 0.5) is 0 Å². The molecule has 1 N–H and O–H groups in total. The molecule has 0 aliphatic carbocycles. The van der Waals surface area contributed by atoms with Gasteiger partial charge in [-0.3, -0.25) is 4.79 Å². The molecule has 0 saturated carbocycles. The smallest absolute Gasteiger partial charge is 0.262 e. The molecule has 22 heavy (non-hydrogen) atoms. The minimum absolute atomic E-state index is 0.00892. The van der Waals surface area contributed by atoms with Crippen LogP contribution < -0.4 is 5.32 Å². The van der Waals surface area contributed by atoms with Crippen LogP contribution in [-0.4, -0.2) is 37.2 Å². The predicted octanol–water partition coefficient (Wildman–Crippen LogP) is 3.89. The number of carbonyl (C=O) groups excluding carboxylic acids is 1. The van der Waals surface area contributed by atoms with E-state index in [0.29, 0.717) is 0 Å². The third kappa shape index (κ3) is 3.91. The summed E-state index contributed by atoms with van der Waals surface area (Å²) in [4.78, 5) is 16.5. The summed E-state index contributed by atoms with van der Waals surface area (Å²) in [6.07, 6.45) is 1.99. The molecule has 0 fully saturated rings. The first kappa shape index (κ1) is 17.1. The Kier molecular flexibility index (Phi) is 6.06. The average Bonchev–Trinajstić information content (AvgIpc) is 2.96. The van der Waals surface area contributed by atoms with Crippen LogP contribution in [0.1, 0.15) is 28.2 Å². The molecule has 1 amide bonds. The molecule has 0 radical (unpaired) electrons. The van der Waals surface area contributed by atoms with Crippen LogP contribution in [0.15, 0.2) is 46.7 Å². The van der Waals surface area contributed by atoms with E-state index < -0.39 is 0 Å². The number of hydrogen-bond acceptors (Lipinski definition) is 4. The largest absolute Gasteiger partial charge is 0.347 e. The normalized spacial score (nSPS) is 13.9. The first-order valence-corrected chi connectivity index (χ1v) is 9.28. The zero-order chi connectivity index (χ0) is 16.1. The quantitative estimate of drug-likeness (QED) is 0.814. The zero-order valence-corrected chi connectivity index (χ0v) is 15.0. The second-order valence-electron chi connectivity index (χ2n) is 5.40. The van der Waals surface area contributed by atoms with Crippen LogP contribution in [0, 0.1) is 0 Å². The fraction of sp³-hybridized carbons (Fsp3) is 0.353. The highest BCUT2D eigenvalue weighted by Crippen LogP contribution is 2.27. The first-order chi connectivity index (χ1) is 10.5. The van der Waals surface area contributed by atoms with Gasteiger partial charge in [0.15, 0.2) is 0 Å². The van der Waals surface area contributed by atoms with Crippen molar-refractivity contribution in [1.82, 2.24) is 10.2 Å². The monoisotopic (exact) mass is 334 g/mol. The van der Waals surface area contributed by atoms with Gasteiger partial charge < -0.3 is 10.2 Å². The highest BCUT2D eigenvalue weighted by Gasteiger charge is 2.24. The van der Waals surface area contributed by atoms with Gasteiger partial charge in [-0.15, -0.1) is 23.1 Å². The van der Waals surface area contributed by atoms with Gasteiger partial charge in [0, 0.05) is 10.9 Å². The Bertz CT molecular complexity index is 610. The molecule has 0 saturated heterocycles. The minimum Gasteiger partial charge on any atom is -0.347 e. The lowest BCUT2D eigenvalue weighted by Crippen LogP contribution is -2.42. The molecule has 3 nitrogen and oxygen atoms in total. The maximum absolute atomic E-state index is 12.5. The van der Waals surface area contributed by atoms with Crippen molar-refractivity contribution in [2.75, 3.05) is 20.4 Å². The maximum atomic E-state index is 12.5. The van der Waals surface area contributed by atoms with Gasteiger partial charge in [0.25, 0.3) is 5.91 Å². The number of rotatable bonds is 6. The summed E-state index contributed by atoms with van der Waals surface area (Å²) < 4.78 is 0. The second-order valence-corrected chi connectivity index (χ2v) is 7.16. The zero-order valence-electron chi connectivity index (χ0n) is 13.4. The van der Waals surface area contributed by atoms with Crippen molar-refractivity contribution in [2.45, 2.75) is 23.9 Å². The Morgan fingerprint density at radius 1 is 1.23 bits per heavy atom. The van der Waals surface area contributed by atoms with Crippen molar-refractivity contribution in [3.8, 4) is 0 Å². The Hall–Kier alpha value is -1.30. The lowest BCUT2D eigenvalue weighted by atomic mass is 9.99. The van der Waals surface area contributed by atoms with Gasteiger partial charge in [-0.1, -0.05) is 30.3 Å². The average molecular weight is 335 g/mol. The number of hydrogen-bond donors (Lipinski definition) is 1. The lowest BCUT2D eigenvalue weighted by molar-refractivity contribution is 0.0917. The predicted molar refractivity (Wildman–Crippen MR) is 95.9 cm³/mol. The molecule has 2 rings (SSSR count). The number of benzene rings is 1. The summed E-state index contributed by atoms with van der Waals surface area (Å²) in [5.41, 5.74) is 1.21. The number of nitrogens with zero attached hydrogens (tertiary/aromatic N) is 1. The third-order valence-electron chi connectivity index (χ3n) is 3.59. The van der Waals surface area contributed by atoms with Gasteiger partial charge in [0.2, 0.25) is 0 Å². The standard InChI is InChI=1S/C17H22N2OS2/c1-12(15(19(2)3)13-8-6-5-7-9-13)18-17(20)16-14(21-4)10-11-22-16/h5-12,15H,1-4H3,(H,18,20)/t12-,15-/m0/s1. The van der Waals surface area contributed by atoms with Gasteiger partial charge >= 0.3 is 0 Å². The van der Waals surface area contributed by atoms with Gasteiger partial charge in [-0.25, -0.2) is 0 Å².